The topological polar surface area (TPSA) is 67.2 Å². The van der Waals surface area contributed by atoms with Crippen LogP contribution in [0.5, 0.6) is 0 Å². The molecule has 1 aromatic carbocycles. The van der Waals surface area contributed by atoms with Gasteiger partial charge in [-0.15, -0.1) is 0 Å². The molecule has 190 valence electrons. The predicted molar refractivity (Wildman–Crippen MR) is 141 cm³/mol. The lowest BCUT2D eigenvalue weighted by Crippen LogP contribution is -2.39. The monoisotopic (exact) mass is 470 g/mol. The number of nitrogens with zero attached hydrogens (tertiary/aromatic N) is 3. The van der Waals surface area contributed by atoms with E-state index in [1.165, 1.54) is 0 Å². The number of nitrogens with one attached hydrogen (secondary N) is 1. The van der Waals surface area contributed by atoms with Crippen LogP contribution in [0.25, 0.3) is 11.0 Å². The maximum Gasteiger partial charge on any atom is 0.242 e. The highest BCUT2D eigenvalue weighted by atomic mass is 16.2. The van der Waals surface area contributed by atoms with Crippen molar-refractivity contribution in [2.75, 3.05) is 19.6 Å². The lowest BCUT2D eigenvalue weighted by Gasteiger charge is -2.27. The molecule has 1 aromatic heterocycles. The van der Waals surface area contributed by atoms with Crippen molar-refractivity contribution in [3.8, 4) is 0 Å². The normalized spacial score (nSPS) is 11.7. The molecule has 2 aromatic rings. The summed E-state index contributed by atoms with van der Waals surface area (Å²) in [6.45, 7) is 15.4. The smallest absolute Gasteiger partial charge is 0.242 e. The molecule has 0 bridgehead atoms. The molecule has 2 amide bonds. The van der Waals surface area contributed by atoms with Gasteiger partial charge >= 0.3 is 0 Å². The Labute approximate surface area is 206 Å². The van der Waals surface area contributed by atoms with Gasteiger partial charge in [0.25, 0.3) is 0 Å². The Bertz CT molecular complexity index is 889. The van der Waals surface area contributed by atoms with Crippen LogP contribution in [0.4, 0.5) is 0 Å². The van der Waals surface area contributed by atoms with Crippen LogP contribution in [-0.4, -0.2) is 45.9 Å². The fourth-order valence-corrected chi connectivity index (χ4v) is 4.49. The fourth-order valence-electron chi connectivity index (χ4n) is 4.49. The molecule has 0 saturated heterocycles. The molecule has 2 rings (SSSR count). The molecule has 0 atom stereocenters. The van der Waals surface area contributed by atoms with E-state index in [-0.39, 0.29) is 17.7 Å². The molecule has 0 aliphatic rings. The first-order valence-corrected chi connectivity index (χ1v) is 13.3. The Morgan fingerprint density at radius 2 is 1.62 bits per heavy atom. The van der Waals surface area contributed by atoms with Gasteiger partial charge in [-0.3, -0.25) is 9.59 Å². The van der Waals surface area contributed by atoms with Crippen LogP contribution in [0.2, 0.25) is 0 Å². The number of hydrogen-bond donors (Lipinski definition) is 1. The van der Waals surface area contributed by atoms with E-state index >= 15 is 0 Å². The van der Waals surface area contributed by atoms with E-state index in [2.05, 4.69) is 57.5 Å². The van der Waals surface area contributed by atoms with Crippen LogP contribution >= 0.6 is 0 Å². The van der Waals surface area contributed by atoms with E-state index in [0.29, 0.717) is 18.4 Å². The fraction of sp³-hybridized carbons (Fsp3) is 0.679. The highest BCUT2D eigenvalue weighted by Gasteiger charge is 2.20. The number of amides is 2. The second-order valence-electron chi connectivity index (χ2n) is 10.3. The SMILES string of the molecule is CCC(CC)C(=O)NCCCCCc1nc2ccccc2n1CC(=O)N(CC(C)C)CC(C)C. The quantitative estimate of drug-likeness (QED) is 0.352. The van der Waals surface area contributed by atoms with E-state index in [1.807, 2.05) is 23.1 Å². The average Bonchev–Trinajstić information content (AvgIpc) is 3.13. The Morgan fingerprint density at radius 1 is 0.971 bits per heavy atom. The summed E-state index contributed by atoms with van der Waals surface area (Å²) in [6, 6.07) is 8.09. The van der Waals surface area contributed by atoms with Crippen molar-refractivity contribution in [3.05, 3.63) is 30.1 Å². The van der Waals surface area contributed by atoms with Gasteiger partial charge in [0.2, 0.25) is 11.8 Å². The third kappa shape index (κ3) is 8.44. The summed E-state index contributed by atoms with van der Waals surface area (Å²) in [5.74, 6) is 2.32. The summed E-state index contributed by atoms with van der Waals surface area (Å²) >= 11 is 0. The summed E-state index contributed by atoms with van der Waals surface area (Å²) in [5, 5.41) is 3.08. The molecule has 0 aliphatic heterocycles. The summed E-state index contributed by atoms with van der Waals surface area (Å²) in [4.78, 5) is 32.3. The van der Waals surface area contributed by atoms with Crippen LogP contribution in [0.3, 0.4) is 0 Å². The van der Waals surface area contributed by atoms with Crippen molar-refractivity contribution in [3.63, 3.8) is 0 Å². The Kier molecular flexibility index (Phi) is 11.6. The number of fused-ring (bicyclic) bond motifs is 1. The maximum atomic E-state index is 13.3. The van der Waals surface area contributed by atoms with Gasteiger partial charge < -0.3 is 14.8 Å². The zero-order valence-electron chi connectivity index (χ0n) is 22.3. The molecule has 1 heterocycles. The van der Waals surface area contributed by atoms with Crippen LogP contribution in [0, 0.1) is 17.8 Å². The summed E-state index contributed by atoms with van der Waals surface area (Å²) in [6.07, 6.45) is 5.58. The summed E-state index contributed by atoms with van der Waals surface area (Å²) in [5.41, 5.74) is 1.97. The molecule has 0 fully saturated rings. The summed E-state index contributed by atoms with van der Waals surface area (Å²) in [7, 11) is 0. The first kappa shape index (κ1) is 27.9. The van der Waals surface area contributed by atoms with Crippen molar-refractivity contribution < 1.29 is 9.59 Å². The highest BCUT2D eigenvalue weighted by Crippen LogP contribution is 2.19. The van der Waals surface area contributed by atoms with E-state index in [4.69, 9.17) is 4.98 Å². The molecule has 1 N–H and O–H groups in total. The van der Waals surface area contributed by atoms with Crippen molar-refractivity contribution in [1.82, 2.24) is 19.8 Å². The molecule has 0 spiro atoms. The molecule has 6 nitrogen and oxygen atoms in total. The van der Waals surface area contributed by atoms with E-state index in [0.717, 1.165) is 75.0 Å². The Hall–Kier alpha value is -2.37. The average molecular weight is 471 g/mol. The number of unbranched alkanes of at least 4 members (excludes halogenated alkanes) is 2. The third-order valence-corrected chi connectivity index (χ3v) is 6.28. The molecule has 34 heavy (non-hydrogen) atoms. The van der Waals surface area contributed by atoms with Gasteiger partial charge in [-0.2, -0.15) is 0 Å². The van der Waals surface area contributed by atoms with Crippen LogP contribution < -0.4 is 5.32 Å². The lowest BCUT2D eigenvalue weighted by molar-refractivity contribution is -0.133. The lowest BCUT2D eigenvalue weighted by atomic mass is 10.0. The second-order valence-corrected chi connectivity index (χ2v) is 10.3. The van der Waals surface area contributed by atoms with Gasteiger partial charge in [-0.05, 0) is 49.7 Å². The van der Waals surface area contributed by atoms with Gasteiger partial charge in [0.05, 0.1) is 11.0 Å². The van der Waals surface area contributed by atoms with E-state index < -0.39 is 0 Å². The summed E-state index contributed by atoms with van der Waals surface area (Å²) < 4.78 is 2.11. The number of carbonyl (C=O) groups excluding carboxylic acids is 2. The largest absolute Gasteiger partial charge is 0.356 e. The molecule has 0 unspecified atom stereocenters. The Balaban J connectivity index is 2.00. The van der Waals surface area contributed by atoms with Gasteiger partial charge in [0, 0.05) is 32.0 Å². The number of para-hydroxylation sites is 2. The molecule has 0 aliphatic carbocycles. The standard InChI is InChI=1S/C28H46N4O2/c1-7-23(8-2)28(34)29-17-13-9-10-16-26-30-24-14-11-12-15-25(24)32(26)20-27(33)31(18-21(3)4)19-22(5)6/h11-12,14-15,21-23H,7-10,13,16-20H2,1-6H3,(H,29,34). The van der Waals surface area contributed by atoms with Gasteiger partial charge in [0.15, 0.2) is 0 Å². The predicted octanol–water partition coefficient (Wildman–Crippen LogP) is 5.44. The number of benzene rings is 1. The molecular formula is C28H46N4O2. The van der Waals surface area contributed by atoms with Crippen molar-refractivity contribution in [2.24, 2.45) is 17.8 Å². The van der Waals surface area contributed by atoms with Gasteiger partial charge in [-0.1, -0.05) is 60.1 Å². The van der Waals surface area contributed by atoms with Crippen molar-refractivity contribution >= 4 is 22.8 Å². The first-order chi connectivity index (χ1) is 16.3. The number of imidazole rings is 1. The second kappa shape index (κ2) is 14.1. The number of carbonyl (C=O) groups is 2. The molecule has 0 saturated carbocycles. The van der Waals surface area contributed by atoms with Crippen LogP contribution in [0.1, 0.15) is 79.5 Å². The van der Waals surface area contributed by atoms with Crippen molar-refractivity contribution in [1.29, 1.82) is 0 Å². The van der Waals surface area contributed by atoms with E-state index in [9.17, 15) is 9.59 Å². The molecule has 0 radical (unpaired) electrons. The number of aromatic nitrogens is 2. The van der Waals surface area contributed by atoms with Gasteiger partial charge in [0.1, 0.15) is 12.4 Å². The molecular weight excluding hydrogens is 424 g/mol. The zero-order chi connectivity index (χ0) is 25.1. The minimum absolute atomic E-state index is 0.128. The number of aryl methyl sites for hydroxylation is 1. The number of rotatable bonds is 15. The Morgan fingerprint density at radius 3 is 2.24 bits per heavy atom. The highest BCUT2D eigenvalue weighted by molar-refractivity contribution is 5.81. The number of hydrogen-bond acceptors (Lipinski definition) is 3. The zero-order valence-corrected chi connectivity index (χ0v) is 22.3. The first-order valence-electron chi connectivity index (χ1n) is 13.3. The van der Waals surface area contributed by atoms with Gasteiger partial charge in [-0.25, -0.2) is 4.98 Å². The third-order valence-electron chi connectivity index (χ3n) is 6.28. The van der Waals surface area contributed by atoms with Crippen molar-refractivity contribution in [2.45, 2.75) is 86.6 Å². The minimum Gasteiger partial charge on any atom is -0.356 e. The van der Waals surface area contributed by atoms with E-state index in [1.54, 1.807) is 0 Å². The minimum atomic E-state index is 0.128. The van der Waals surface area contributed by atoms with Crippen LogP contribution in [0.15, 0.2) is 24.3 Å². The molecule has 6 heteroatoms. The van der Waals surface area contributed by atoms with Crippen LogP contribution in [-0.2, 0) is 22.6 Å². The maximum absolute atomic E-state index is 13.3.